The summed E-state index contributed by atoms with van der Waals surface area (Å²) in [6, 6.07) is 13.2. The van der Waals surface area contributed by atoms with Gasteiger partial charge in [0.15, 0.2) is 0 Å². The first-order valence-corrected chi connectivity index (χ1v) is 14.5. The van der Waals surface area contributed by atoms with E-state index in [-0.39, 0.29) is 0 Å². The van der Waals surface area contributed by atoms with Crippen molar-refractivity contribution in [3.63, 3.8) is 0 Å². The van der Waals surface area contributed by atoms with Crippen LogP contribution in [-0.2, 0) is 6.42 Å². The first-order valence-electron chi connectivity index (χ1n) is 14.5. The van der Waals surface area contributed by atoms with Crippen LogP contribution in [-0.4, -0.2) is 11.6 Å². The maximum atomic E-state index is 5.83. The Morgan fingerprint density at radius 1 is 0.706 bits per heavy atom. The van der Waals surface area contributed by atoms with E-state index in [0.717, 1.165) is 36.3 Å². The molecule has 1 aromatic heterocycles. The second-order valence-corrected chi connectivity index (χ2v) is 10.6. The van der Waals surface area contributed by atoms with Crippen LogP contribution < -0.4 is 4.74 Å². The van der Waals surface area contributed by atoms with E-state index in [9.17, 15) is 0 Å². The van der Waals surface area contributed by atoms with E-state index >= 15 is 0 Å². The largest absolute Gasteiger partial charge is 0.492 e. The summed E-state index contributed by atoms with van der Waals surface area (Å²) in [5.74, 6) is 2.83. The van der Waals surface area contributed by atoms with Crippen molar-refractivity contribution >= 4 is 0 Å². The molecule has 1 aliphatic rings. The lowest BCUT2D eigenvalue weighted by atomic mass is 9.77. The van der Waals surface area contributed by atoms with Gasteiger partial charge in [0, 0.05) is 5.56 Å². The molecule has 0 spiro atoms. The number of pyridine rings is 1. The molecular weight excluding hydrogens is 414 g/mol. The fourth-order valence-electron chi connectivity index (χ4n) is 5.41. The third-order valence-electron chi connectivity index (χ3n) is 7.78. The number of ether oxygens (including phenoxy) is 1. The number of hydrogen-bond acceptors (Lipinski definition) is 2. The highest BCUT2D eigenvalue weighted by atomic mass is 16.5. The molecule has 0 saturated heterocycles. The number of benzene rings is 1. The standard InChI is InChI=1S/C32H49NO/c1-3-5-7-9-10-12-27-13-15-28(16-14-27)17-18-29-19-21-30(22-20-29)32-24-23-31(26-33-32)34-25-11-8-6-4-2/h19-24,26-28H,3-18,25H2,1-2H3. The molecule has 0 atom stereocenters. The van der Waals surface area contributed by atoms with Gasteiger partial charge in [-0.2, -0.15) is 0 Å². The molecule has 2 nitrogen and oxygen atoms in total. The summed E-state index contributed by atoms with van der Waals surface area (Å²) in [6.45, 7) is 5.33. The monoisotopic (exact) mass is 463 g/mol. The summed E-state index contributed by atoms with van der Waals surface area (Å²) in [6.07, 6.45) is 23.8. The lowest BCUT2D eigenvalue weighted by Gasteiger charge is -2.28. The third-order valence-corrected chi connectivity index (χ3v) is 7.78. The molecule has 0 unspecified atom stereocenters. The Labute approximate surface area is 209 Å². The van der Waals surface area contributed by atoms with Gasteiger partial charge in [-0.25, -0.2) is 0 Å². The van der Waals surface area contributed by atoms with E-state index in [2.05, 4.69) is 55.2 Å². The molecule has 3 rings (SSSR count). The third kappa shape index (κ3) is 9.80. The molecule has 1 saturated carbocycles. The smallest absolute Gasteiger partial charge is 0.137 e. The average Bonchev–Trinajstić information content (AvgIpc) is 2.89. The second-order valence-electron chi connectivity index (χ2n) is 10.6. The molecular formula is C32H49NO. The molecule has 2 heteroatoms. The van der Waals surface area contributed by atoms with Crippen molar-refractivity contribution in [2.24, 2.45) is 11.8 Å². The molecule has 1 heterocycles. The van der Waals surface area contributed by atoms with Crippen LogP contribution in [0.3, 0.4) is 0 Å². The summed E-state index contributed by atoms with van der Waals surface area (Å²) in [4.78, 5) is 4.63. The van der Waals surface area contributed by atoms with Gasteiger partial charge in [-0.3, -0.25) is 4.98 Å². The lowest BCUT2D eigenvalue weighted by molar-refractivity contribution is 0.248. The Balaban J connectivity index is 1.33. The van der Waals surface area contributed by atoms with Crippen molar-refractivity contribution in [3.05, 3.63) is 48.2 Å². The summed E-state index contributed by atoms with van der Waals surface area (Å²) in [7, 11) is 0. The molecule has 34 heavy (non-hydrogen) atoms. The van der Waals surface area contributed by atoms with Crippen molar-refractivity contribution in [2.45, 2.75) is 117 Å². The van der Waals surface area contributed by atoms with Gasteiger partial charge in [0.2, 0.25) is 0 Å². The molecule has 1 aliphatic carbocycles. The Bertz CT molecular complexity index is 759. The number of nitrogens with zero attached hydrogens (tertiary/aromatic N) is 1. The SMILES string of the molecule is CCCCCCCC1CCC(CCc2ccc(-c3ccc(OCCCCCC)cn3)cc2)CC1. The molecule has 0 bridgehead atoms. The predicted molar refractivity (Wildman–Crippen MR) is 146 cm³/mol. The minimum absolute atomic E-state index is 0.788. The molecule has 0 N–H and O–H groups in total. The predicted octanol–water partition coefficient (Wildman–Crippen LogP) is 9.81. The molecule has 1 aromatic carbocycles. The maximum absolute atomic E-state index is 5.83. The van der Waals surface area contributed by atoms with Crippen molar-refractivity contribution in [1.29, 1.82) is 0 Å². The summed E-state index contributed by atoms with van der Waals surface area (Å²) < 4.78 is 5.83. The first kappa shape index (κ1) is 26.8. The zero-order valence-corrected chi connectivity index (χ0v) is 22.1. The Hall–Kier alpha value is -1.83. The van der Waals surface area contributed by atoms with Crippen molar-refractivity contribution < 1.29 is 4.74 Å². The zero-order valence-electron chi connectivity index (χ0n) is 22.1. The zero-order chi connectivity index (χ0) is 23.8. The topological polar surface area (TPSA) is 22.1 Å². The summed E-state index contributed by atoms with van der Waals surface area (Å²) in [5, 5.41) is 0. The van der Waals surface area contributed by atoms with Crippen molar-refractivity contribution in [3.8, 4) is 17.0 Å². The number of aromatic nitrogens is 1. The fourth-order valence-corrected chi connectivity index (χ4v) is 5.41. The quantitative estimate of drug-likeness (QED) is 0.231. The molecule has 0 amide bonds. The van der Waals surface area contributed by atoms with Gasteiger partial charge in [0.25, 0.3) is 0 Å². The molecule has 1 fully saturated rings. The Morgan fingerprint density at radius 2 is 1.35 bits per heavy atom. The van der Waals surface area contributed by atoms with E-state index in [1.165, 1.54) is 107 Å². The number of aryl methyl sites for hydroxylation is 1. The van der Waals surface area contributed by atoms with Gasteiger partial charge in [0.05, 0.1) is 18.5 Å². The normalized spacial score (nSPS) is 18.2. The van der Waals surface area contributed by atoms with E-state index < -0.39 is 0 Å². The van der Waals surface area contributed by atoms with E-state index in [0.29, 0.717) is 0 Å². The van der Waals surface area contributed by atoms with Gasteiger partial charge in [-0.05, 0) is 48.8 Å². The highest BCUT2D eigenvalue weighted by molar-refractivity contribution is 5.59. The summed E-state index contributed by atoms with van der Waals surface area (Å²) in [5.41, 5.74) is 3.68. The van der Waals surface area contributed by atoms with Crippen LogP contribution in [0.4, 0.5) is 0 Å². The molecule has 188 valence electrons. The van der Waals surface area contributed by atoms with E-state index in [4.69, 9.17) is 4.74 Å². The van der Waals surface area contributed by atoms with Crippen molar-refractivity contribution in [2.75, 3.05) is 6.61 Å². The highest BCUT2D eigenvalue weighted by Crippen LogP contribution is 2.34. The number of rotatable bonds is 16. The number of hydrogen-bond donors (Lipinski definition) is 0. The summed E-state index contributed by atoms with van der Waals surface area (Å²) >= 11 is 0. The van der Waals surface area contributed by atoms with Crippen molar-refractivity contribution in [1.82, 2.24) is 4.98 Å². The minimum atomic E-state index is 0.788. The van der Waals surface area contributed by atoms with Gasteiger partial charge < -0.3 is 4.74 Å². The molecule has 2 aromatic rings. The van der Waals surface area contributed by atoms with Gasteiger partial charge in [-0.1, -0.05) is 122 Å². The van der Waals surface area contributed by atoms with Crippen LogP contribution in [0.1, 0.15) is 116 Å². The van der Waals surface area contributed by atoms with Crippen LogP contribution in [0, 0.1) is 11.8 Å². The van der Waals surface area contributed by atoms with Gasteiger partial charge in [0.1, 0.15) is 5.75 Å². The first-order chi connectivity index (χ1) is 16.8. The van der Waals surface area contributed by atoms with Crippen LogP contribution in [0.15, 0.2) is 42.6 Å². The molecule has 0 aliphatic heterocycles. The van der Waals surface area contributed by atoms with Crippen LogP contribution in [0.5, 0.6) is 5.75 Å². The maximum Gasteiger partial charge on any atom is 0.137 e. The van der Waals surface area contributed by atoms with E-state index in [1.807, 2.05) is 6.20 Å². The van der Waals surface area contributed by atoms with Gasteiger partial charge in [-0.15, -0.1) is 0 Å². The highest BCUT2D eigenvalue weighted by Gasteiger charge is 2.20. The van der Waals surface area contributed by atoms with Crippen LogP contribution in [0.2, 0.25) is 0 Å². The second kappa shape index (κ2) is 16.0. The van der Waals surface area contributed by atoms with Crippen LogP contribution in [0.25, 0.3) is 11.3 Å². The minimum Gasteiger partial charge on any atom is -0.492 e. The lowest BCUT2D eigenvalue weighted by Crippen LogP contribution is -2.15. The Morgan fingerprint density at radius 3 is 2.00 bits per heavy atom. The van der Waals surface area contributed by atoms with Gasteiger partial charge >= 0.3 is 0 Å². The molecule has 0 radical (unpaired) electrons. The fraction of sp³-hybridized carbons (Fsp3) is 0.656. The van der Waals surface area contributed by atoms with Crippen LogP contribution >= 0.6 is 0 Å². The Kier molecular flexibility index (Phi) is 12.6. The number of unbranched alkanes of at least 4 members (excludes halogenated alkanes) is 7. The average molecular weight is 464 g/mol. The van der Waals surface area contributed by atoms with E-state index in [1.54, 1.807) is 0 Å².